The summed E-state index contributed by atoms with van der Waals surface area (Å²) in [6.07, 6.45) is -0.150. The summed E-state index contributed by atoms with van der Waals surface area (Å²) in [5.74, 6) is 0.0839. The van der Waals surface area contributed by atoms with Crippen LogP contribution in [-0.2, 0) is 15.8 Å². The largest absolute Gasteiger partial charge is 0.488 e. The lowest BCUT2D eigenvalue weighted by atomic mass is 10.1. The predicted molar refractivity (Wildman–Crippen MR) is 123 cm³/mol. The van der Waals surface area contributed by atoms with E-state index in [0.29, 0.717) is 23.2 Å². The quantitative estimate of drug-likeness (QED) is 0.246. The third kappa shape index (κ3) is 6.17. The van der Waals surface area contributed by atoms with E-state index >= 15 is 0 Å². The summed E-state index contributed by atoms with van der Waals surface area (Å²) in [6.45, 7) is 11.5. The molecule has 1 atom stereocenters. The Morgan fingerprint density at radius 2 is 1.76 bits per heavy atom. The molecule has 0 saturated heterocycles. The first-order chi connectivity index (χ1) is 13.6. The van der Waals surface area contributed by atoms with Crippen molar-refractivity contribution in [1.29, 1.82) is 0 Å². The van der Waals surface area contributed by atoms with Crippen molar-refractivity contribution in [3.8, 4) is 5.75 Å². The van der Waals surface area contributed by atoms with Gasteiger partial charge in [0.1, 0.15) is 17.9 Å². The van der Waals surface area contributed by atoms with Crippen LogP contribution in [-0.4, -0.2) is 26.7 Å². The molecule has 0 spiro atoms. The number of halogens is 1. The van der Waals surface area contributed by atoms with Crippen LogP contribution in [0.5, 0.6) is 5.75 Å². The smallest absolute Gasteiger partial charge is 0.341 e. The average molecular weight is 479 g/mol. The maximum absolute atomic E-state index is 12.4. The lowest BCUT2D eigenvalue weighted by Gasteiger charge is -2.39. The van der Waals surface area contributed by atoms with E-state index in [2.05, 4.69) is 49.8 Å². The Morgan fingerprint density at radius 1 is 1.10 bits per heavy atom. The first-order valence-corrected chi connectivity index (χ1v) is 13.7. The highest BCUT2D eigenvalue weighted by Crippen LogP contribution is 2.40. The van der Waals surface area contributed by atoms with Gasteiger partial charge in [0, 0.05) is 5.33 Å². The molecule has 0 radical (unpaired) electrons. The van der Waals surface area contributed by atoms with Crippen molar-refractivity contribution in [2.24, 2.45) is 0 Å². The predicted octanol–water partition coefficient (Wildman–Crippen LogP) is 6.51. The van der Waals surface area contributed by atoms with Crippen LogP contribution in [0, 0.1) is 0 Å². The first kappa shape index (κ1) is 23.6. The highest BCUT2D eigenvalue weighted by molar-refractivity contribution is 9.09. The van der Waals surface area contributed by atoms with E-state index < -0.39 is 14.3 Å². The zero-order valence-corrected chi connectivity index (χ0v) is 20.7. The molecule has 158 valence electrons. The molecule has 6 heteroatoms. The van der Waals surface area contributed by atoms with E-state index in [0.717, 1.165) is 11.1 Å². The second-order valence-electron chi connectivity index (χ2n) is 8.54. The molecule has 0 aliphatic heterocycles. The van der Waals surface area contributed by atoms with E-state index in [1.54, 1.807) is 0 Å². The number of carbonyl (C=O) groups is 1. The van der Waals surface area contributed by atoms with Gasteiger partial charge in [-0.15, -0.1) is 0 Å². The van der Waals surface area contributed by atoms with Gasteiger partial charge in [-0.1, -0.05) is 73.1 Å². The summed E-state index contributed by atoms with van der Waals surface area (Å²) in [4.78, 5) is 12.4. The van der Waals surface area contributed by atoms with Crippen LogP contribution >= 0.6 is 15.9 Å². The molecule has 0 fully saturated rings. The van der Waals surface area contributed by atoms with E-state index in [-0.39, 0.29) is 11.1 Å². The number of hydrogen-bond donors (Lipinski definition) is 0. The molecule has 2 aromatic rings. The Labute approximate surface area is 183 Å². The molecule has 1 unspecified atom stereocenters. The van der Waals surface area contributed by atoms with Gasteiger partial charge in [-0.25, -0.2) is 4.79 Å². The van der Waals surface area contributed by atoms with Gasteiger partial charge in [0.2, 0.25) is 0 Å². The summed E-state index contributed by atoms with van der Waals surface area (Å²) in [5, 5.41) is 0.738. The molecule has 29 heavy (non-hydrogen) atoms. The number of carbonyl (C=O) groups excluding carboxylic acids is 1. The second-order valence-corrected chi connectivity index (χ2v) is 13.9. The van der Waals surface area contributed by atoms with Crippen molar-refractivity contribution in [2.75, 3.05) is 12.4 Å². The number of methoxy groups -OCH3 is 1. The maximum Gasteiger partial charge on any atom is 0.341 e. The number of esters is 1. The summed E-state index contributed by atoms with van der Waals surface area (Å²) < 4.78 is 17.5. The summed E-state index contributed by atoms with van der Waals surface area (Å²) in [5.41, 5.74) is 2.37. The van der Waals surface area contributed by atoms with Crippen LogP contribution in [0.4, 0.5) is 0 Å². The summed E-state index contributed by atoms with van der Waals surface area (Å²) in [6, 6.07) is 15.5. The van der Waals surface area contributed by atoms with E-state index in [1.807, 2.05) is 48.5 Å². The molecule has 0 N–H and O–H groups in total. The molecule has 0 aliphatic carbocycles. The van der Waals surface area contributed by atoms with Crippen molar-refractivity contribution in [3.63, 3.8) is 0 Å². The van der Waals surface area contributed by atoms with Crippen LogP contribution in [0.1, 0.15) is 48.4 Å². The zero-order chi connectivity index (χ0) is 21.7. The number of hydrogen-bond acceptors (Lipinski definition) is 4. The van der Waals surface area contributed by atoms with Crippen LogP contribution < -0.4 is 4.74 Å². The molecule has 2 aromatic carbocycles. The first-order valence-electron chi connectivity index (χ1n) is 9.72. The van der Waals surface area contributed by atoms with Crippen molar-refractivity contribution in [3.05, 3.63) is 65.2 Å². The second kappa shape index (κ2) is 9.91. The molecule has 0 saturated carbocycles. The van der Waals surface area contributed by atoms with Crippen molar-refractivity contribution in [1.82, 2.24) is 0 Å². The summed E-state index contributed by atoms with van der Waals surface area (Å²) in [7, 11) is -0.596. The zero-order valence-electron chi connectivity index (χ0n) is 18.1. The minimum absolute atomic E-state index is 0.0946. The van der Waals surface area contributed by atoms with Gasteiger partial charge >= 0.3 is 5.97 Å². The fourth-order valence-corrected chi connectivity index (χ4v) is 4.63. The van der Waals surface area contributed by atoms with Crippen molar-refractivity contribution >= 4 is 30.2 Å². The third-order valence-electron chi connectivity index (χ3n) is 5.40. The van der Waals surface area contributed by atoms with Gasteiger partial charge in [0.05, 0.1) is 13.2 Å². The van der Waals surface area contributed by atoms with Crippen LogP contribution in [0.25, 0.3) is 0 Å². The lowest BCUT2D eigenvalue weighted by Crippen LogP contribution is -2.42. The molecule has 0 amide bonds. The molecule has 0 heterocycles. The van der Waals surface area contributed by atoms with Gasteiger partial charge in [-0.3, -0.25) is 0 Å². The number of ether oxygens (including phenoxy) is 2. The Morgan fingerprint density at radius 3 is 2.31 bits per heavy atom. The van der Waals surface area contributed by atoms with Crippen LogP contribution in [0.15, 0.2) is 48.5 Å². The fourth-order valence-electron chi connectivity index (χ4n) is 2.60. The highest BCUT2D eigenvalue weighted by Gasteiger charge is 2.39. The minimum Gasteiger partial charge on any atom is -0.488 e. The standard InChI is InChI=1S/C23H31BrO4Si/c1-23(2,3)29(5,6)28-21(15-24)18-12-13-20(19(14-18)22(25)26-4)27-16-17-10-8-7-9-11-17/h7-14,21H,15-16H2,1-6H3. The van der Waals surface area contributed by atoms with Crippen LogP contribution in [0.2, 0.25) is 18.1 Å². The minimum atomic E-state index is -1.97. The van der Waals surface area contributed by atoms with Crippen molar-refractivity contribution in [2.45, 2.75) is 51.6 Å². The number of benzene rings is 2. The topological polar surface area (TPSA) is 44.8 Å². The van der Waals surface area contributed by atoms with Gasteiger partial charge in [-0.05, 0) is 41.4 Å². The third-order valence-corrected chi connectivity index (χ3v) is 10.5. The Balaban J connectivity index is 2.30. The van der Waals surface area contributed by atoms with E-state index in [9.17, 15) is 4.79 Å². The van der Waals surface area contributed by atoms with Crippen molar-refractivity contribution < 1.29 is 18.7 Å². The fraction of sp³-hybridized carbons (Fsp3) is 0.435. The van der Waals surface area contributed by atoms with Crippen LogP contribution in [0.3, 0.4) is 0 Å². The molecular formula is C23H31BrO4Si. The highest BCUT2D eigenvalue weighted by atomic mass is 79.9. The van der Waals surface area contributed by atoms with Gasteiger partial charge in [0.25, 0.3) is 0 Å². The normalized spacial score (nSPS) is 13.1. The molecule has 0 aliphatic rings. The molecule has 0 bridgehead atoms. The molecule has 2 rings (SSSR count). The van der Waals surface area contributed by atoms with Gasteiger partial charge < -0.3 is 13.9 Å². The number of alkyl halides is 1. The Kier molecular flexibility index (Phi) is 8.08. The maximum atomic E-state index is 12.4. The Bertz CT molecular complexity index is 815. The van der Waals surface area contributed by atoms with E-state index in [4.69, 9.17) is 13.9 Å². The average Bonchev–Trinajstić information content (AvgIpc) is 2.69. The SMILES string of the molecule is COC(=O)c1cc(C(CBr)O[Si](C)(C)C(C)(C)C)ccc1OCc1ccccc1. The van der Waals surface area contributed by atoms with Gasteiger partial charge in [0.15, 0.2) is 8.32 Å². The Hall–Kier alpha value is -1.63. The molecular weight excluding hydrogens is 448 g/mol. The van der Waals surface area contributed by atoms with Gasteiger partial charge in [-0.2, -0.15) is 0 Å². The number of rotatable bonds is 8. The van der Waals surface area contributed by atoms with E-state index in [1.165, 1.54) is 7.11 Å². The summed E-state index contributed by atoms with van der Waals surface area (Å²) >= 11 is 3.58. The molecule has 0 aromatic heterocycles. The molecule has 4 nitrogen and oxygen atoms in total. The monoisotopic (exact) mass is 478 g/mol. The lowest BCUT2D eigenvalue weighted by molar-refractivity contribution is 0.0595.